The van der Waals surface area contributed by atoms with E-state index in [4.69, 9.17) is 19.2 Å². The quantitative estimate of drug-likeness (QED) is 0.121. The Kier molecular flexibility index (Phi) is 8.60. The first-order chi connectivity index (χ1) is 22.2. The fourth-order valence-corrected chi connectivity index (χ4v) is 7.15. The van der Waals surface area contributed by atoms with Crippen molar-refractivity contribution in [3.05, 3.63) is 111 Å². The largest absolute Gasteiger partial charge is 0.463 e. The van der Waals surface area contributed by atoms with Gasteiger partial charge in [0.05, 0.1) is 33.4 Å². The number of rotatable bonds is 9. The number of hydrogen-bond donors (Lipinski definition) is 1. The zero-order chi connectivity index (χ0) is 32.5. The summed E-state index contributed by atoms with van der Waals surface area (Å²) in [5, 5.41) is 12.0. The number of carbonyl (C=O) groups is 1. The molecule has 2 aromatic carbocycles. The Morgan fingerprint density at radius 1 is 1.20 bits per heavy atom. The molecule has 0 amide bonds. The van der Waals surface area contributed by atoms with Crippen LogP contribution in [0.2, 0.25) is 0 Å². The van der Waals surface area contributed by atoms with Crippen LogP contribution in [0.1, 0.15) is 49.6 Å². The molecule has 2 aromatic heterocycles. The van der Waals surface area contributed by atoms with Crippen LogP contribution in [0.15, 0.2) is 78.4 Å². The van der Waals surface area contributed by atoms with Crippen molar-refractivity contribution in [1.29, 1.82) is 0 Å². The average molecular weight is 662 g/mol. The van der Waals surface area contributed by atoms with Crippen LogP contribution < -0.4 is 29.9 Å². The molecule has 0 radical (unpaired) electrons. The van der Waals surface area contributed by atoms with Crippen LogP contribution in [0, 0.1) is 17.0 Å². The molecule has 4 aromatic rings. The van der Waals surface area contributed by atoms with Gasteiger partial charge in [-0.1, -0.05) is 42.5 Å². The molecule has 2 aliphatic heterocycles. The smallest absolute Gasteiger partial charge is 0.338 e. The highest BCUT2D eigenvalue weighted by Crippen LogP contribution is 2.39. The number of non-ortho nitro benzene ring substituents is 1. The lowest BCUT2D eigenvalue weighted by atomic mass is 9.94. The maximum absolute atomic E-state index is 14.3. The number of aryl methyl sites for hydroxylation is 1. The standard InChI is InChI=1S/C31H27N5O8S2/c1-4-6-20-26(29(39)42-5-2)27(17-7-9-21-22(13-17)44-15-43-21)35-28(38)24(46-31(35)33-20)14-18-12-19(36(40)41)8-10-23(18)45-30-32-16(3)11-25(37)34-30/h7-14,27H,4-6,15H2,1-3H3,(H,32,34,37)/b24-14+/t27-/m0/s1. The number of nitro benzene ring substituents is 1. The normalized spacial score (nSPS) is 15.5. The molecule has 15 heteroatoms. The molecule has 4 heterocycles. The number of aromatic amines is 1. The minimum absolute atomic E-state index is 0.0543. The Morgan fingerprint density at radius 2 is 2.00 bits per heavy atom. The molecule has 46 heavy (non-hydrogen) atoms. The van der Waals surface area contributed by atoms with E-state index < -0.39 is 22.5 Å². The van der Waals surface area contributed by atoms with Crippen molar-refractivity contribution in [2.24, 2.45) is 4.99 Å². The van der Waals surface area contributed by atoms with Crippen LogP contribution in [0.25, 0.3) is 6.08 Å². The zero-order valence-electron chi connectivity index (χ0n) is 24.9. The molecule has 13 nitrogen and oxygen atoms in total. The van der Waals surface area contributed by atoms with Gasteiger partial charge in [0.15, 0.2) is 21.5 Å². The summed E-state index contributed by atoms with van der Waals surface area (Å²) < 4.78 is 18.2. The number of esters is 1. The van der Waals surface area contributed by atoms with Crippen LogP contribution in [-0.4, -0.2) is 38.8 Å². The van der Waals surface area contributed by atoms with Crippen LogP contribution in [0.3, 0.4) is 0 Å². The zero-order valence-corrected chi connectivity index (χ0v) is 26.5. The number of aromatic nitrogens is 3. The Bertz CT molecular complexity index is 2170. The molecular formula is C31H27N5O8S2. The number of benzene rings is 2. The minimum Gasteiger partial charge on any atom is -0.463 e. The van der Waals surface area contributed by atoms with E-state index in [1.165, 1.54) is 22.8 Å². The Hall–Kier alpha value is -5.02. The fraction of sp³-hybridized carbons (Fsp3) is 0.258. The lowest BCUT2D eigenvalue weighted by Gasteiger charge is -2.25. The third kappa shape index (κ3) is 5.98. The molecule has 0 bridgehead atoms. The molecule has 0 saturated carbocycles. The summed E-state index contributed by atoms with van der Waals surface area (Å²) >= 11 is 2.21. The van der Waals surface area contributed by atoms with E-state index in [1.807, 2.05) is 6.92 Å². The Labute approximate surface area is 269 Å². The number of allylic oxidation sites excluding steroid dienone is 1. The van der Waals surface area contributed by atoms with E-state index >= 15 is 0 Å². The highest BCUT2D eigenvalue weighted by atomic mass is 32.2. The molecule has 2 aliphatic rings. The van der Waals surface area contributed by atoms with Gasteiger partial charge >= 0.3 is 5.97 Å². The van der Waals surface area contributed by atoms with Gasteiger partial charge in [0.25, 0.3) is 16.8 Å². The first kappa shape index (κ1) is 31.0. The van der Waals surface area contributed by atoms with E-state index in [1.54, 1.807) is 44.2 Å². The number of fused-ring (bicyclic) bond motifs is 2. The summed E-state index contributed by atoms with van der Waals surface area (Å²) in [6.07, 6.45) is 2.71. The topological polar surface area (TPSA) is 168 Å². The van der Waals surface area contributed by atoms with E-state index in [2.05, 4.69) is 9.97 Å². The summed E-state index contributed by atoms with van der Waals surface area (Å²) in [7, 11) is 0. The van der Waals surface area contributed by atoms with E-state index in [0.29, 0.717) is 61.7 Å². The van der Waals surface area contributed by atoms with Gasteiger partial charge in [-0.3, -0.25) is 24.3 Å². The molecule has 0 saturated heterocycles. The predicted octanol–water partition coefficient (Wildman–Crippen LogP) is 3.76. The number of nitrogens with zero attached hydrogens (tertiary/aromatic N) is 4. The predicted molar refractivity (Wildman–Crippen MR) is 169 cm³/mol. The third-order valence-corrected chi connectivity index (χ3v) is 9.11. The fourth-order valence-electron chi connectivity index (χ4n) is 5.22. The van der Waals surface area contributed by atoms with E-state index in [9.17, 15) is 24.5 Å². The Morgan fingerprint density at radius 3 is 2.74 bits per heavy atom. The second-order valence-electron chi connectivity index (χ2n) is 10.3. The molecule has 0 spiro atoms. The van der Waals surface area contributed by atoms with Gasteiger partial charge in [0.2, 0.25) is 6.79 Å². The van der Waals surface area contributed by atoms with Crippen LogP contribution in [0.5, 0.6) is 11.5 Å². The van der Waals surface area contributed by atoms with Gasteiger partial charge in [-0.15, -0.1) is 0 Å². The highest BCUT2D eigenvalue weighted by molar-refractivity contribution is 7.99. The summed E-state index contributed by atoms with van der Waals surface area (Å²) in [6, 6.07) is 9.96. The van der Waals surface area contributed by atoms with Crippen molar-refractivity contribution in [2.75, 3.05) is 13.4 Å². The number of hydrogen-bond acceptors (Lipinski definition) is 12. The van der Waals surface area contributed by atoms with Crippen molar-refractivity contribution >= 4 is 40.8 Å². The molecule has 0 unspecified atom stereocenters. The Balaban J connectivity index is 1.56. The molecule has 0 aliphatic carbocycles. The lowest BCUT2D eigenvalue weighted by molar-refractivity contribution is -0.384. The molecule has 1 atom stereocenters. The number of carbonyl (C=O) groups excluding carboxylic acids is 1. The van der Waals surface area contributed by atoms with Gasteiger partial charge in [-0.2, -0.15) is 0 Å². The van der Waals surface area contributed by atoms with Gasteiger partial charge < -0.3 is 19.2 Å². The second-order valence-corrected chi connectivity index (χ2v) is 12.3. The SMILES string of the molecule is CCCC1=C(C(=O)OCC)[C@H](c2ccc3c(c2)OCO3)n2c(s/c(=C/c3cc([N+](=O)[O-])ccc3Sc3nc(C)cc(=O)[nH]3)c2=O)=N1. The van der Waals surface area contributed by atoms with Gasteiger partial charge in [0, 0.05) is 28.8 Å². The first-order valence-electron chi connectivity index (χ1n) is 14.3. The molecule has 1 N–H and O–H groups in total. The second kappa shape index (κ2) is 12.8. The lowest BCUT2D eigenvalue weighted by Crippen LogP contribution is -2.40. The van der Waals surface area contributed by atoms with Crippen molar-refractivity contribution in [3.63, 3.8) is 0 Å². The number of nitro groups is 1. The van der Waals surface area contributed by atoms with Gasteiger partial charge in [0.1, 0.15) is 0 Å². The highest BCUT2D eigenvalue weighted by Gasteiger charge is 2.35. The van der Waals surface area contributed by atoms with E-state index in [-0.39, 0.29) is 34.8 Å². The van der Waals surface area contributed by atoms with Crippen molar-refractivity contribution in [1.82, 2.24) is 14.5 Å². The van der Waals surface area contributed by atoms with Crippen molar-refractivity contribution < 1.29 is 23.9 Å². The summed E-state index contributed by atoms with van der Waals surface area (Å²) in [4.78, 5) is 63.6. The molecule has 236 valence electrons. The number of nitrogens with one attached hydrogen (secondary N) is 1. The summed E-state index contributed by atoms with van der Waals surface area (Å²) in [6.45, 7) is 5.55. The van der Waals surface area contributed by atoms with Crippen molar-refractivity contribution in [2.45, 2.75) is 49.7 Å². The number of thiazole rings is 1. The molecule has 6 rings (SSSR count). The number of H-pyrrole nitrogens is 1. The maximum Gasteiger partial charge on any atom is 0.338 e. The average Bonchev–Trinajstić information content (AvgIpc) is 3.60. The van der Waals surface area contributed by atoms with Gasteiger partial charge in [-0.05, 0) is 55.7 Å². The summed E-state index contributed by atoms with van der Waals surface area (Å²) in [5.41, 5.74) is 1.27. The van der Waals surface area contributed by atoms with Crippen LogP contribution >= 0.6 is 23.1 Å². The number of ether oxygens (including phenoxy) is 3. The monoisotopic (exact) mass is 661 g/mol. The maximum atomic E-state index is 14.3. The van der Waals surface area contributed by atoms with Gasteiger partial charge in [-0.25, -0.2) is 14.8 Å². The third-order valence-electron chi connectivity index (χ3n) is 7.15. The summed E-state index contributed by atoms with van der Waals surface area (Å²) in [5.74, 6) is 0.452. The minimum atomic E-state index is -0.881. The van der Waals surface area contributed by atoms with Crippen molar-refractivity contribution in [3.8, 4) is 11.5 Å². The molecule has 0 fully saturated rings. The molecular weight excluding hydrogens is 635 g/mol. The van der Waals surface area contributed by atoms with Crippen LogP contribution in [0.4, 0.5) is 5.69 Å². The van der Waals surface area contributed by atoms with Crippen LogP contribution in [-0.2, 0) is 9.53 Å². The first-order valence-corrected chi connectivity index (χ1v) is 16.0. The van der Waals surface area contributed by atoms with E-state index in [0.717, 1.165) is 23.1 Å².